The number of amides is 1. The predicted molar refractivity (Wildman–Crippen MR) is 144 cm³/mol. The Morgan fingerprint density at radius 3 is 2.49 bits per heavy atom. The molecule has 0 aliphatic heterocycles. The fraction of sp³-hybridized carbons (Fsp3) is 0.214. The van der Waals surface area contributed by atoms with Gasteiger partial charge < -0.3 is 20.9 Å². The number of carbonyl (C=O) groups excluding carboxylic acids is 2. The number of para-hydroxylation sites is 1. The van der Waals surface area contributed by atoms with Crippen LogP contribution in [0.15, 0.2) is 67.0 Å². The van der Waals surface area contributed by atoms with Crippen LogP contribution in [0.4, 0.5) is 10.6 Å². The highest BCUT2D eigenvalue weighted by molar-refractivity contribution is 5.99. The number of aromatic nitrogens is 5. The molecule has 3 aromatic heterocycles. The van der Waals surface area contributed by atoms with Crippen LogP contribution in [0.25, 0.3) is 33.2 Å². The van der Waals surface area contributed by atoms with Crippen molar-refractivity contribution < 1.29 is 19.1 Å². The molecule has 4 N–H and O–H groups in total. The normalized spacial score (nSPS) is 17.2. The fourth-order valence-electron chi connectivity index (χ4n) is 5.10. The number of hydrogen-bond donors (Lipinski definition) is 2. The number of nitrogens with zero attached hydrogens (tertiary/aromatic N) is 5. The van der Waals surface area contributed by atoms with Gasteiger partial charge in [0.2, 0.25) is 5.88 Å². The van der Waals surface area contributed by atoms with Gasteiger partial charge >= 0.3 is 12.1 Å². The standard InChI is InChI=1S/C28H25N7O4/c29-25-23-24(18-7-6-16-10-13-22(33-21(16)14-18)38-20-4-2-1-3-5-20)34-35(26(23)32-15-31-25)19-11-8-17(9-12-19)27(36)39-28(30)37/h1-7,10,13-15,17,19H,8-9,11-12H2,(H2,30,37)(H2,29,31,32). The van der Waals surface area contributed by atoms with Gasteiger partial charge in [0, 0.05) is 17.0 Å². The number of anilines is 1. The van der Waals surface area contributed by atoms with E-state index < -0.39 is 12.1 Å². The van der Waals surface area contributed by atoms with Gasteiger partial charge in [-0.1, -0.05) is 30.3 Å². The molecule has 0 spiro atoms. The van der Waals surface area contributed by atoms with Gasteiger partial charge in [0.1, 0.15) is 23.6 Å². The molecule has 5 aromatic rings. The lowest BCUT2D eigenvalue weighted by molar-refractivity contribution is -0.143. The lowest BCUT2D eigenvalue weighted by atomic mass is 9.86. The Bertz CT molecular complexity index is 1700. The zero-order valence-corrected chi connectivity index (χ0v) is 20.9. The molecule has 1 fully saturated rings. The number of hydrogen-bond acceptors (Lipinski definition) is 9. The van der Waals surface area contributed by atoms with E-state index >= 15 is 0 Å². The Balaban J connectivity index is 1.33. The second-order valence-electron chi connectivity index (χ2n) is 9.47. The molecule has 0 radical (unpaired) electrons. The number of nitrogens with two attached hydrogens (primary N) is 2. The molecule has 0 atom stereocenters. The van der Waals surface area contributed by atoms with Crippen LogP contribution in [0.1, 0.15) is 31.7 Å². The van der Waals surface area contributed by atoms with Gasteiger partial charge in [-0.3, -0.25) is 4.79 Å². The predicted octanol–water partition coefficient (Wildman–Crippen LogP) is 4.77. The average Bonchev–Trinajstić information content (AvgIpc) is 3.34. The number of benzene rings is 2. The van der Waals surface area contributed by atoms with Crippen molar-refractivity contribution >= 4 is 39.8 Å². The van der Waals surface area contributed by atoms with Gasteiger partial charge in [0.25, 0.3) is 0 Å². The highest BCUT2D eigenvalue weighted by atomic mass is 16.6. The SMILES string of the molecule is NC(=O)OC(=O)C1CCC(n2nc(-c3ccc4ccc(Oc5ccccc5)nc4c3)c3c(N)ncnc32)CC1. The van der Waals surface area contributed by atoms with E-state index in [-0.39, 0.29) is 12.0 Å². The molecule has 3 heterocycles. The van der Waals surface area contributed by atoms with Crippen molar-refractivity contribution in [3.63, 3.8) is 0 Å². The van der Waals surface area contributed by atoms with Gasteiger partial charge in [-0.2, -0.15) is 5.10 Å². The number of esters is 1. The molecule has 2 aromatic carbocycles. The van der Waals surface area contributed by atoms with Gasteiger partial charge in [-0.15, -0.1) is 0 Å². The van der Waals surface area contributed by atoms with Crippen LogP contribution >= 0.6 is 0 Å². The van der Waals surface area contributed by atoms with Crippen LogP contribution in [0.2, 0.25) is 0 Å². The quantitative estimate of drug-likeness (QED) is 0.244. The first-order valence-corrected chi connectivity index (χ1v) is 12.6. The van der Waals surface area contributed by atoms with E-state index in [2.05, 4.69) is 14.7 Å². The van der Waals surface area contributed by atoms with Crippen LogP contribution in [-0.4, -0.2) is 36.8 Å². The molecule has 0 bridgehead atoms. The average molecular weight is 524 g/mol. The second kappa shape index (κ2) is 10.0. The van der Waals surface area contributed by atoms with E-state index in [1.807, 2.05) is 65.3 Å². The highest BCUT2D eigenvalue weighted by Crippen LogP contribution is 2.38. The van der Waals surface area contributed by atoms with E-state index in [0.29, 0.717) is 59.9 Å². The summed E-state index contributed by atoms with van der Waals surface area (Å²) in [5.41, 5.74) is 14.1. The summed E-state index contributed by atoms with van der Waals surface area (Å²) in [4.78, 5) is 36.5. The maximum Gasteiger partial charge on any atom is 0.412 e. The van der Waals surface area contributed by atoms with Crippen molar-refractivity contribution in [1.82, 2.24) is 24.7 Å². The Morgan fingerprint density at radius 1 is 0.949 bits per heavy atom. The first-order valence-electron chi connectivity index (χ1n) is 12.6. The van der Waals surface area contributed by atoms with Gasteiger partial charge in [0.15, 0.2) is 5.65 Å². The van der Waals surface area contributed by atoms with Gasteiger partial charge in [-0.05, 0) is 49.9 Å². The van der Waals surface area contributed by atoms with Gasteiger partial charge in [0.05, 0.1) is 22.9 Å². The minimum atomic E-state index is -1.08. The van der Waals surface area contributed by atoms with Gasteiger partial charge in [-0.25, -0.2) is 24.4 Å². The molecule has 39 heavy (non-hydrogen) atoms. The number of nitrogen functional groups attached to an aromatic ring is 1. The first-order chi connectivity index (χ1) is 19.0. The Kier molecular flexibility index (Phi) is 6.23. The number of rotatable bonds is 5. The lowest BCUT2D eigenvalue weighted by Crippen LogP contribution is -2.29. The number of ether oxygens (including phenoxy) is 2. The molecule has 0 saturated heterocycles. The lowest BCUT2D eigenvalue weighted by Gasteiger charge is -2.27. The van der Waals surface area contributed by atoms with Crippen LogP contribution in [-0.2, 0) is 9.53 Å². The van der Waals surface area contributed by atoms with E-state index in [0.717, 1.165) is 16.5 Å². The highest BCUT2D eigenvalue weighted by Gasteiger charge is 2.31. The molecule has 6 rings (SSSR count). The van der Waals surface area contributed by atoms with Crippen molar-refractivity contribution in [1.29, 1.82) is 0 Å². The zero-order valence-electron chi connectivity index (χ0n) is 20.9. The van der Waals surface area contributed by atoms with E-state index in [9.17, 15) is 9.59 Å². The van der Waals surface area contributed by atoms with E-state index in [1.54, 1.807) is 0 Å². The van der Waals surface area contributed by atoms with Crippen molar-refractivity contribution in [3.05, 3.63) is 67.0 Å². The third kappa shape index (κ3) is 4.81. The topological polar surface area (TPSA) is 161 Å². The molecule has 1 amide bonds. The maximum absolute atomic E-state index is 12.1. The summed E-state index contributed by atoms with van der Waals surface area (Å²) in [6, 6.07) is 19.1. The van der Waals surface area contributed by atoms with Crippen LogP contribution in [0, 0.1) is 5.92 Å². The number of pyridine rings is 1. The molecular formula is C28H25N7O4. The minimum absolute atomic E-state index is 0.0161. The van der Waals surface area contributed by atoms with Crippen molar-refractivity contribution in [2.24, 2.45) is 11.7 Å². The summed E-state index contributed by atoms with van der Waals surface area (Å²) in [5, 5.41) is 6.55. The minimum Gasteiger partial charge on any atom is -0.439 e. The molecule has 11 nitrogen and oxygen atoms in total. The van der Waals surface area contributed by atoms with Crippen LogP contribution < -0.4 is 16.2 Å². The largest absolute Gasteiger partial charge is 0.439 e. The molecular weight excluding hydrogens is 498 g/mol. The van der Waals surface area contributed by atoms with Crippen LogP contribution in [0.5, 0.6) is 11.6 Å². The summed E-state index contributed by atoms with van der Waals surface area (Å²) in [7, 11) is 0. The van der Waals surface area contributed by atoms with E-state index in [4.69, 9.17) is 26.3 Å². The molecule has 196 valence electrons. The smallest absolute Gasteiger partial charge is 0.412 e. The summed E-state index contributed by atoms with van der Waals surface area (Å²) < 4.78 is 12.4. The van der Waals surface area contributed by atoms with Crippen molar-refractivity contribution in [3.8, 4) is 22.9 Å². The molecule has 0 unspecified atom stereocenters. The number of carbonyl (C=O) groups is 2. The Labute approximate surface area is 222 Å². The monoisotopic (exact) mass is 523 g/mol. The van der Waals surface area contributed by atoms with E-state index in [1.165, 1.54) is 6.33 Å². The zero-order chi connectivity index (χ0) is 26.9. The number of fused-ring (bicyclic) bond motifs is 2. The Morgan fingerprint density at radius 2 is 1.72 bits per heavy atom. The maximum atomic E-state index is 12.1. The molecule has 1 aliphatic carbocycles. The molecule has 1 saturated carbocycles. The number of primary amides is 1. The third-order valence-corrected chi connectivity index (χ3v) is 7.00. The molecule has 1 aliphatic rings. The first kappa shape index (κ1) is 24.3. The third-order valence-electron chi connectivity index (χ3n) is 7.00. The van der Waals surface area contributed by atoms with Crippen LogP contribution in [0.3, 0.4) is 0 Å². The summed E-state index contributed by atoms with van der Waals surface area (Å²) in [5.74, 6) is 0.545. The fourth-order valence-corrected chi connectivity index (χ4v) is 5.10. The molecule has 11 heteroatoms. The second-order valence-corrected chi connectivity index (χ2v) is 9.47. The summed E-state index contributed by atoms with van der Waals surface area (Å²) in [6.45, 7) is 0. The van der Waals surface area contributed by atoms with Crippen molar-refractivity contribution in [2.45, 2.75) is 31.7 Å². The summed E-state index contributed by atoms with van der Waals surface area (Å²) >= 11 is 0. The summed E-state index contributed by atoms with van der Waals surface area (Å²) in [6.07, 6.45) is 2.72. The van der Waals surface area contributed by atoms with Crippen molar-refractivity contribution in [2.75, 3.05) is 5.73 Å². The Hall–Kier alpha value is -5.06.